The van der Waals surface area contributed by atoms with Crippen molar-refractivity contribution in [2.45, 2.75) is 69.2 Å². The van der Waals surface area contributed by atoms with Crippen LogP contribution in [0, 0.1) is 22.7 Å². The number of allylic oxidation sites excluding steroid dienone is 8. The number of carbonyl (C=O) groups is 4. The molecule has 50 heteroatoms. The first-order chi connectivity index (χ1) is 53.0. The van der Waals surface area contributed by atoms with E-state index in [0.29, 0.717) is 0 Å². The molecule has 4 aromatic carbocycles. The van der Waals surface area contributed by atoms with E-state index < -0.39 is 77.4 Å². The zero-order valence-corrected chi connectivity index (χ0v) is 73.1. The second-order valence-electron chi connectivity index (χ2n) is 23.1. The normalized spacial score (nSPS) is 13.7. The molecule has 0 atom stereocenters. The molecule has 0 radical (unpaired) electrons. The molecule has 122 heavy (non-hydrogen) atoms. The van der Waals surface area contributed by atoms with E-state index >= 15 is 0 Å². The number of nitrogens with zero attached hydrogens (tertiary/aromatic N) is 10. The van der Waals surface area contributed by atoms with Gasteiger partial charge in [0.05, 0.1) is 56.3 Å². The van der Waals surface area contributed by atoms with Crippen molar-refractivity contribution in [3.8, 4) is 12.1 Å². The number of hydrogen-bond acceptors (Lipinski definition) is 18. The first-order valence-corrected chi connectivity index (χ1v) is 39.9. The molecule has 0 saturated carbocycles. The van der Waals surface area contributed by atoms with E-state index in [1.807, 2.05) is 48.5 Å². The number of hydrogen-bond donors (Lipinski definition) is 0. The maximum absolute atomic E-state index is 11.1. The Morgan fingerprint density at radius 2 is 0.320 bits per heavy atom. The molecule has 12 aromatic rings. The van der Waals surface area contributed by atoms with Gasteiger partial charge in [0.2, 0.25) is 0 Å². The summed E-state index contributed by atoms with van der Waals surface area (Å²) in [5.41, 5.74) is 6.62. The number of carbonyl (C=O) groups excluding carboxylic acids is 4. The standard InChI is InChI=1S/4C12H8N2.2C10H14O4.2C2H3N.4F6P.4Pd/c4*1-3-9-5-6-10-4-2-8-14-12(10)11(9)13-7-1;2*1-5(11)9(6(2)12)10(7(3)13)8(4)14;2*1-2-3;4*1-7(2,3,4,5)6;;;;/h4*1-8H;2*11,13H,1-4H3;2*1H3;;;;;;;;/q;;;;;;;;4*-1;4*+2/p-4/b;;;;2*9-5+,10-7+;;;;;;;;;;. The minimum absolute atomic E-state index is 0. The van der Waals surface area contributed by atoms with Gasteiger partial charge in [0.1, 0.15) is 0 Å². The summed E-state index contributed by atoms with van der Waals surface area (Å²) in [6.07, 6.45) is 14.4. The molecule has 0 amide bonds. The molecule has 0 aliphatic heterocycles. The minimum Gasteiger partial charge on any atom is -0.254 e. The Bertz CT molecular complexity index is 4930. The first kappa shape index (κ1) is 119. The Morgan fingerprint density at radius 3 is 0.385 bits per heavy atom. The van der Waals surface area contributed by atoms with Crippen LogP contribution in [0.1, 0.15) is 69.2 Å². The van der Waals surface area contributed by atoms with Crippen LogP contribution in [0.3, 0.4) is 0 Å². The molecule has 0 fully saturated rings. The summed E-state index contributed by atoms with van der Waals surface area (Å²) in [5, 5.41) is 68.0. The molecule has 0 N–H and O–H groups in total. The number of nitriles is 2. The Kier molecular flexibility index (Phi) is 42.7. The fourth-order valence-corrected chi connectivity index (χ4v) is 9.12. The smallest absolute Gasteiger partial charge is 0.254 e. The van der Waals surface area contributed by atoms with Crippen molar-refractivity contribution in [3.63, 3.8) is 0 Å². The van der Waals surface area contributed by atoms with Crippen LogP contribution in [0.25, 0.3) is 87.2 Å². The predicted molar refractivity (Wildman–Crippen MR) is 399 cm³/mol. The molecule has 18 nitrogen and oxygen atoms in total. The Balaban J connectivity index is -0.000000635. The van der Waals surface area contributed by atoms with Crippen LogP contribution in [-0.4, -0.2) is 63.0 Å². The van der Waals surface area contributed by atoms with Gasteiger partial charge in [-0.25, -0.2) is 0 Å². The molecular weight excluding hydrogens is 2140 g/mol. The number of benzene rings is 4. The predicted octanol–water partition coefficient (Wildman–Crippen LogP) is 24.6. The number of aromatic nitrogens is 8. The van der Waals surface area contributed by atoms with Crippen LogP contribution < -0.4 is 20.4 Å². The van der Waals surface area contributed by atoms with Crippen molar-refractivity contribution in [2.75, 3.05) is 0 Å². The van der Waals surface area contributed by atoms with Crippen molar-refractivity contribution in [1.82, 2.24) is 39.9 Å². The summed E-state index contributed by atoms with van der Waals surface area (Å²) in [6, 6.07) is 52.1. The van der Waals surface area contributed by atoms with Gasteiger partial charge in [-0.05, 0) is 76.2 Å². The molecule has 0 saturated heterocycles. The molecule has 0 aliphatic rings. The zero-order chi connectivity index (χ0) is 91.5. The molecule has 0 aliphatic carbocycles. The number of halogens is 24. The maximum Gasteiger partial charge on any atom is 2.00 e. The third-order valence-electron chi connectivity index (χ3n) is 12.7. The Morgan fingerprint density at radius 1 is 0.238 bits per heavy atom. The van der Waals surface area contributed by atoms with Crippen LogP contribution in [0.5, 0.6) is 0 Å². The zero-order valence-electron chi connectivity index (χ0n) is 63.3. The fraction of sp³-hybridized carbons (Fsp3) is 0.139. The first-order valence-electron chi connectivity index (χ1n) is 31.8. The largest absolute Gasteiger partial charge is 2.00 e. The second-order valence-corrected chi connectivity index (χ2v) is 30.8. The van der Waals surface area contributed by atoms with Gasteiger partial charge in [-0.15, -0.1) is 23.0 Å². The van der Waals surface area contributed by atoms with Gasteiger partial charge in [0.25, 0.3) is 0 Å². The maximum atomic E-state index is 11.1. The van der Waals surface area contributed by atoms with E-state index in [4.69, 9.17) is 10.5 Å². The van der Waals surface area contributed by atoms with Gasteiger partial charge >= 0.3 is 214 Å². The van der Waals surface area contributed by atoms with E-state index in [1.165, 1.54) is 13.8 Å². The van der Waals surface area contributed by atoms with Gasteiger partial charge in [-0.3, -0.25) is 59.0 Å². The van der Waals surface area contributed by atoms with Gasteiger partial charge in [-0.1, -0.05) is 125 Å². The van der Waals surface area contributed by atoms with Crippen molar-refractivity contribution in [2.24, 2.45) is 0 Å². The van der Waals surface area contributed by atoms with Gasteiger partial charge in [0, 0.05) is 129 Å². The van der Waals surface area contributed by atoms with Crippen molar-refractivity contribution >= 4 is 142 Å². The second kappa shape index (κ2) is 43.8. The molecule has 8 heterocycles. The topological polar surface area (TPSA) is 311 Å². The van der Waals surface area contributed by atoms with E-state index in [2.05, 4.69) is 137 Å². The summed E-state index contributed by atoms with van der Waals surface area (Å²) < 4.78 is 237. The molecule has 8 aromatic heterocycles. The van der Waals surface area contributed by atoms with Crippen LogP contribution in [0.15, 0.2) is 240 Å². The third-order valence-corrected chi connectivity index (χ3v) is 12.7. The molecule has 0 bridgehead atoms. The number of pyridine rings is 8. The van der Waals surface area contributed by atoms with Crippen LogP contribution >= 0.6 is 31.2 Å². The van der Waals surface area contributed by atoms with Crippen molar-refractivity contribution in [1.29, 1.82) is 10.5 Å². The van der Waals surface area contributed by atoms with E-state index in [0.717, 1.165) is 143 Å². The molecule has 0 unspecified atom stereocenters. The molecule has 0 spiro atoms. The molecule has 12 rings (SSSR count). The SMILES string of the molecule is CC#N.CC#N.CC(=O)C(=C(/C)[O-])/C(C(C)=O)=C(\C)[O-].CC(=O)C(=C(/C)[O-])/C(C(C)=O)=C(\C)[O-].F[P-](F)(F)(F)(F)F.F[P-](F)(F)(F)(F)F.F[P-](F)(F)(F)(F)F.F[P-](F)(F)(F)(F)F.[Pd+2].[Pd+2].[Pd+2].[Pd+2].c1cnc2c(c1)ccc1cccnc12.c1cnc2c(c1)ccc1cccnc12.c1cnc2c(c1)ccc1cccnc12.c1cnc2c(c1)ccc1cccnc12. The third kappa shape index (κ3) is 55.6. The van der Waals surface area contributed by atoms with Crippen molar-refractivity contribution in [3.05, 3.63) is 240 Å². The number of fused-ring (bicyclic) bond motifs is 12. The summed E-state index contributed by atoms with van der Waals surface area (Å²) in [7, 11) is -42.6. The van der Waals surface area contributed by atoms with Crippen LogP contribution in [0.4, 0.5) is 101 Å². The Labute approximate surface area is 731 Å². The van der Waals surface area contributed by atoms with Crippen LogP contribution in [-0.2, 0) is 101 Å². The molecule has 676 valence electrons. The minimum atomic E-state index is -10.7. The summed E-state index contributed by atoms with van der Waals surface area (Å²) >= 11 is 0. The fourth-order valence-electron chi connectivity index (χ4n) is 9.12. The molecular formula is C72H62F24N10O8P4Pd4. The number of ketones is 4. The monoisotopic (exact) mass is 2200 g/mol. The van der Waals surface area contributed by atoms with Crippen LogP contribution in [0.2, 0.25) is 0 Å². The van der Waals surface area contributed by atoms with Gasteiger partial charge < -0.3 is 20.4 Å². The van der Waals surface area contributed by atoms with E-state index in [1.54, 1.807) is 61.7 Å². The average Bonchev–Trinajstić information content (AvgIpc) is 0.782. The Hall–Kier alpha value is -9.33. The number of rotatable bonds is 6. The van der Waals surface area contributed by atoms with Crippen molar-refractivity contribution < 1.29 is 222 Å². The van der Waals surface area contributed by atoms with E-state index in [-0.39, 0.29) is 104 Å². The number of Topliss-reactive ketones (excluding diaryl/α,β-unsaturated/α-hetero) is 4. The summed E-state index contributed by atoms with van der Waals surface area (Å²) in [5.74, 6) is -4.46. The van der Waals surface area contributed by atoms with Gasteiger partial charge in [0.15, 0.2) is 23.1 Å². The quantitative estimate of drug-likeness (QED) is 0.0284. The van der Waals surface area contributed by atoms with Gasteiger partial charge in [-0.2, -0.15) is 10.5 Å². The summed E-state index contributed by atoms with van der Waals surface area (Å²) in [4.78, 5) is 79.0. The average molecular weight is 2200 g/mol. The summed E-state index contributed by atoms with van der Waals surface area (Å²) in [6.45, 7) is 12.1. The van der Waals surface area contributed by atoms with E-state index in [9.17, 15) is 140 Å².